The molecule has 0 fully saturated rings. The summed E-state index contributed by atoms with van der Waals surface area (Å²) in [5, 5.41) is 10.7. The maximum Gasteiger partial charge on any atom is 0.434 e. The van der Waals surface area contributed by atoms with E-state index in [1.807, 2.05) is 6.08 Å². The van der Waals surface area contributed by atoms with E-state index in [0.29, 0.717) is 12.0 Å². The van der Waals surface area contributed by atoms with E-state index in [9.17, 15) is 10.1 Å². The van der Waals surface area contributed by atoms with Gasteiger partial charge in [0, 0.05) is 12.5 Å². The van der Waals surface area contributed by atoms with Crippen LogP contribution < -0.4 is 0 Å². The zero-order valence-corrected chi connectivity index (χ0v) is 7.34. The minimum absolute atomic E-state index is 0.00111. The Morgan fingerprint density at radius 1 is 1.64 bits per heavy atom. The number of ether oxygens (including phenoxy) is 1. The second-order valence-corrected chi connectivity index (χ2v) is 2.96. The number of allylic oxidation sites excluding steroid dienone is 4. The van der Waals surface area contributed by atoms with E-state index in [1.165, 1.54) is 6.08 Å². The molecule has 1 atom stereocenters. The molecule has 0 amide bonds. The fourth-order valence-electron chi connectivity index (χ4n) is 1.44. The van der Waals surface area contributed by atoms with Crippen LogP contribution in [0.2, 0.25) is 0 Å². The summed E-state index contributed by atoms with van der Waals surface area (Å²) in [5.74, 6) is 0. The van der Waals surface area contributed by atoms with Gasteiger partial charge in [0.2, 0.25) is 0 Å². The van der Waals surface area contributed by atoms with Gasteiger partial charge in [0.15, 0.2) is 11.7 Å². The van der Waals surface area contributed by atoms with E-state index in [-0.39, 0.29) is 11.8 Å². The largest absolute Gasteiger partial charge is 0.480 e. The van der Waals surface area contributed by atoms with E-state index in [4.69, 9.17) is 4.74 Å². The average molecular weight is 190 g/mol. The summed E-state index contributed by atoms with van der Waals surface area (Å²) in [4.78, 5) is 10.2. The zero-order chi connectivity index (χ0) is 9.97. The highest BCUT2D eigenvalue weighted by atomic mass is 16.6. The van der Waals surface area contributed by atoms with Crippen molar-refractivity contribution < 1.29 is 9.66 Å². The molecule has 70 valence electrons. The van der Waals surface area contributed by atoms with Gasteiger partial charge in [-0.15, -0.1) is 0 Å². The van der Waals surface area contributed by atoms with Crippen LogP contribution in [0, 0.1) is 16.2 Å². The van der Waals surface area contributed by atoms with Crippen LogP contribution in [0.1, 0.15) is 6.42 Å². The van der Waals surface area contributed by atoms with Crippen molar-refractivity contribution in [2.75, 3.05) is 0 Å². The first kappa shape index (κ1) is 8.66. The Morgan fingerprint density at radius 3 is 3.14 bits per heavy atom. The van der Waals surface area contributed by atoms with Gasteiger partial charge in [-0.1, -0.05) is 0 Å². The predicted molar refractivity (Wildman–Crippen MR) is 49.6 cm³/mol. The topological polar surface area (TPSA) is 52.4 Å². The molecule has 0 aromatic carbocycles. The fraction of sp³-hybridized carbons (Fsp3) is 0.200. The van der Waals surface area contributed by atoms with Gasteiger partial charge in [0.25, 0.3) is 0 Å². The van der Waals surface area contributed by atoms with Crippen molar-refractivity contribution >= 4 is 0 Å². The lowest BCUT2D eigenvalue weighted by molar-refractivity contribution is -0.422. The first-order valence-corrected chi connectivity index (χ1v) is 4.24. The molecule has 0 aromatic heterocycles. The minimum atomic E-state index is -0.434. The lowest BCUT2D eigenvalue weighted by Crippen LogP contribution is -2.16. The van der Waals surface area contributed by atoms with Crippen LogP contribution in [0.5, 0.6) is 0 Å². The highest BCUT2D eigenvalue weighted by Gasteiger charge is 2.36. The number of hydrogen-bond acceptors (Lipinski definition) is 3. The zero-order valence-electron chi connectivity index (χ0n) is 7.34. The molecule has 0 N–H and O–H groups in total. The SMILES string of the molecule is O=[N+]([O-])C1=[C+]C=CC=C1C1CC=CO1. The molecule has 0 saturated carbocycles. The highest BCUT2D eigenvalue weighted by molar-refractivity contribution is 5.37. The average Bonchev–Trinajstić information content (AvgIpc) is 2.70. The number of nitrogens with zero attached hydrogens (tertiary/aromatic N) is 1. The first-order valence-electron chi connectivity index (χ1n) is 4.24. The Labute approximate surface area is 81.0 Å². The molecular formula is C10H8NO3+. The maximum absolute atomic E-state index is 10.7. The lowest BCUT2D eigenvalue weighted by atomic mass is 10.0. The van der Waals surface area contributed by atoms with Gasteiger partial charge in [-0.05, 0) is 6.08 Å². The molecule has 4 heteroatoms. The van der Waals surface area contributed by atoms with Crippen molar-refractivity contribution in [3.63, 3.8) is 0 Å². The van der Waals surface area contributed by atoms with Crippen molar-refractivity contribution in [1.82, 2.24) is 0 Å². The van der Waals surface area contributed by atoms with E-state index in [2.05, 4.69) is 6.08 Å². The molecule has 0 saturated heterocycles. The Balaban J connectivity index is 2.25. The molecule has 2 aliphatic rings. The fourth-order valence-corrected chi connectivity index (χ4v) is 1.44. The third kappa shape index (κ3) is 1.43. The molecule has 2 rings (SSSR count). The third-order valence-electron chi connectivity index (χ3n) is 2.08. The summed E-state index contributed by atoms with van der Waals surface area (Å²) >= 11 is 0. The molecule has 0 aromatic rings. The third-order valence-corrected chi connectivity index (χ3v) is 2.08. The Morgan fingerprint density at radius 2 is 2.50 bits per heavy atom. The van der Waals surface area contributed by atoms with Crippen LogP contribution in [0.15, 0.2) is 41.8 Å². The first-order chi connectivity index (χ1) is 6.79. The summed E-state index contributed by atoms with van der Waals surface area (Å²) in [6.07, 6.45) is 11.4. The number of hydrogen-bond donors (Lipinski definition) is 0. The van der Waals surface area contributed by atoms with Crippen LogP contribution in [0.25, 0.3) is 0 Å². The number of nitro groups is 1. The molecule has 1 heterocycles. The van der Waals surface area contributed by atoms with Gasteiger partial charge in [-0.2, -0.15) is 0 Å². The molecule has 1 unspecified atom stereocenters. The smallest absolute Gasteiger partial charge is 0.434 e. The Kier molecular flexibility index (Phi) is 2.13. The van der Waals surface area contributed by atoms with E-state index >= 15 is 0 Å². The van der Waals surface area contributed by atoms with Crippen LogP contribution in [0.3, 0.4) is 0 Å². The molecule has 1 aliphatic heterocycles. The molecule has 0 bridgehead atoms. The molecule has 0 radical (unpaired) electrons. The summed E-state index contributed by atoms with van der Waals surface area (Å²) in [7, 11) is 0. The highest BCUT2D eigenvalue weighted by Crippen LogP contribution is 2.25. The molecule has 4 nitrogen and oxygen atoms in total. The molecule has 14 heavy (non-hydrogen) atoms. The maximum atomic E-state index is 10.7. The van der Waals surface area contributed by atoms with Crippen molar-refractivity contribution in [2.45, 2.75) is 12.5 Å². The van der Waals surface area contributed by atoms with Crippen LogP contribution in [-0.4, -0.2) is 11.0 Å². The quantitative estimate of drug-likeness (QED) is 0.378. The van der Waals surface area contributed by atoms with E-state index < -0.39 is 4.92 Å². The van der Waals surface area contributed by atoms with Gasteiger partial charge in [-0.3, -0.25) is 10.1 Å². The van der Waals surface area contributed by atoms with Crippen molar-refractivity contribution in [3.05, 3.63) is 58.0 Å². The monoisotopic (exact) mass is 190 g/mol. The normalized spacial score (nSPS) is 23.6. The van der Waals surface area contributed by atoms with Crippen LogP contribution in [0.4, 0.5) is 0 Å². The minimum Gasteiger partial charge on any atom is -0.480 e. The van der Waals surface area contributed by atoms with Gasteiger partial charge in [0.05, 0.1) is 12.3 Å². The van der Waals surface area contributed by atoms with Crippen molar-refractivity contribution in [3.8, 4) is 0 Å². The van der Waals surface area contributed by atoms with Gasteiger partial charge >= 0.3 is 5.70 Å². The van der Waals surface area contributed by atoms with Gasteiger partial charge < -0.3 is 4.74 Å². The standard InChI is InChI=1S/C10H8NO3/c12-11(13)9-5-2-1-4-8(9)10-6-3-7-14-10/h1-4,7,10H,6H2/q+1. The molecule has 0 spiro atoms. The summed E-state index contributed by atoms with van der Waals surface area (Å²) < 4.78 is 5.22. The van der Waals surface area contributed by atoms with Crippen LogP contribution >= 0.6 is 0 Å². The van der Waals surface area contributed by atoms with Crippen molar-refractivity contribution in [2.24, 2.45) is 0 Å². The van der Waals surface area contributed by atoms with Crippen LogP contribution in [-0.2, 0) is 4.74 Å². The molecule has 1 aliphatic carbocycles. The van der Waals surface area contributed by atoms with Gasteiger partial charge in [-0.25, -0.2) is 0 Å². The van der Waals surface area contributed by atoms with E-state index in [0.717, 1.165) is 0 Å². The lowest BCUT2D eigenvalue weighted by Gasteiger charge is -2.06. The second kappa shape index (κ2) is 3.44. The van der Waals surface area contributed by atoms with Crippen molar-refractivity contribution in [1.29, 1.82) is 0 Å². The molecular weight excluding hydrogens is 182 g/mol. The van der Waals surface area contributed by atoms with Gasteiger partial charge in [0.1, 0.15) is 17.1 Å². The summed E-state index contributed by atoms with van der Waals surface area (Å²) in [6.45, 7) is 0. The predicted octanol–water partition coefficient (Wildman–Crippen LogP) is 1.75. The Hall–Kier alpha value is -1.93. The van der Waals surface area contributed by atoms with E-state index in [1.54, 1.807) is 18.4 Å². The second-order valence-electron chi connectivity index (χ2n) is 2.96. The Bertz CT molecular complexity index is 369. The summed E-state index contributed by atoms with van der Waals surface area (Å²) in [6, 6.07) is 0. The summed E-state index contributed by atoms with van der Waals surface area (Å²) in [5.41, 5.74) is 0.587. The number of rotatable bonds is 2.